The molecular formula is C24H28ClN5OS. The molecule has 1 amide bonds. The average molecular weight is 470 g/mol. The van der Waals surface area contributed by atoms with Gasteiger partial charge in [-0.3, -0.25) is 4.79 Å². The molecule has 0 saturated carbocycles. The maximum absolute atomic E-state index is 13.2. The molecule has 1 saturated heterocycles. The van der Waals surface area contributed by atoms with Gasteiger partial charge in [-0.2, -0.15) is 0 Å². The minimum Gasteiger partial charge on any atom is -0.363 e. The molecule has 2 aliphatic rings. The maximum Gasteiger partial charge on any atom is 0.272 e. The van der Waals surface area contributed by atoms with Crippen molar-refractivity contribution in [3.05, 3.63) is 64.7 Å². The number of aliphatic imine (C=N–C) groups is 1. The number of hydrogen-bond acceptors (Lipinski definition) is 4. The largest absolute Gasteiger partial charge is 0.363 e. The van der Waals surface area contributed by atoms with Crippen molar-refractivity contribution in [3.8, 4) is 0 Å². The summed E-state index contributed by atoms with van der Waals surface area (Å²) < 4.78 is 0. The number of nitrogens with zero attached hydrogens (tertiary/aromatic N) is 3. The summed E-state index contributed by atoms with van der Waals surface area (Å²) in [5, 5.41) is 7.36. The number of likely N-dealkylation sites (tertiary alicyclic amines) is 1. The van der Waals surface area contributed by atoms with E-state index in [1.54, 1.807) is 18.0 Å². The summed E-state index contributed by atoms with van der Waals surface area (Å²) in [6.45, 7) is 4.19. The van der Waals surface area contributed by atoms with Crippen molar-refractivity contribution in [2.75, 3.05) is 38.1 Å². The van der Waals surface area contributed by atoms with Crippen LogP contribution < -0.4 is 15.5 Å². The van der Waals surface area contributed by atoms with Crippen LogP contribution in [0.3, 0.4) is 0 Å². The highest BCUT2D eigenvalue weighted by Gasteiger charge is 2.30. The first-order valence-electron chi connectivity index (χ1n) is 11.0. The van der Waals surface area contributed by atoms with Gasteiger partial charge in [-0.1, -0.05) is 41.9 Å². The molecule has 2 N–H and O–H groups in total. The van der Waals surface area contributed by atoms with Gasteiger partial charge < -0.3 is 20.4 Å². The van der Waals surface area contributed by atoms with E-state index in [0.29, 0.717) is 15.8 Å². The Kier molecular flexibility index (Phi) is 7.40. The van der Waals surface area contributed by atoms with Gasteiger partial charge in [0.1, 0.15) is 0 Å². The molecule has 2 aromatic rings. The number of likely N-dealkylation sites (N-methyl/N-ethyl adjacent to an activating group) is 1. The van der Waals surface area contributed by atoms with Crippen LogP contribution in [0.4, 0.5) is 5.69 Å². The fourth-order valence-electron chi connectivity index (χ4n) is 4.15. The van der Waals surface area contributed by atoms with Gasteiger partial charge in [0, 0.05) is 29.7 Å². The number of halogens is 1. The Morgan fingerprint density at radius 3 is 2.69 bits per heavy atom. The first-order valence-corrected chi connectivity index (χ1v) is 11.8. The van der Waals surface area contributed by atoms with Crippen molar-refractivity contribution in [1.29, 1.82) is 0 Å². The highest BCUT2D eigenvalue weighted by molar-refractivity contribution is 7.80. The van der Waals surface area contributed by atoms with E-state index in [9.17, 15) is 4.79 Å². The van der Waals surface area contributed by atoms with Gasteiger partial charge in [0.25, 0.3) is 5.91 Å². The number of rotatable bonds is 6. The summed E-state index contributed by atoms with van der Waals surface area (Å²) in [6.07, 6.45) is 2.75. The number of benzodiazepines with no additional fused rings is 1. The number of amides is 1. The third-order valence-corrected chi connectivity index (χ3v) is 6.35. The molecule has 0 bridgehead atoms. The minimum absolute atomic E-state index is 0.180. The van der Waals surface area contributed by atoms with Crippen molar-refractivity contribution >= 4 is 46.2 Å². The summed E-state index contributed by atoms with van der Waals surface area (Å²) in [6, 6.07) is 15.3. The lowest BCUT2D eigenvalue weighted by molar-refractivity contribution is -0.119. The number of carbonyl (C=O) groups excluding carboxylic acids is 1. The van der Waals surface area contributed by atoms with Crippen molar-refractivity contribution in [3.63, 3.8) is 0 Å². The standard InChI is InChI=1S/C24H28ClN5OS/c1-29-20-11-10-18(25)16-19(20)21(17-8-3-2-4-9-17)27-22(23(29)31)28-24(32)26-12-7-15-30-13-5-6-14-30/h2-4,8-11,16,22H,5-7,12-15H2,1H3,(H2,26,28,32). The van der Waals surface area contributed by atoms with Crippen LogP contribution in [0.1, 0.15) is 30.4 Å². The van der Waals surface area contributed by atoms with E-state index in [0.717, 1.165) is 36.3 Å². The maximum atomic E-state index is 13.2. The highest BCUT2D eigenvalue weighted by atomic mass is 35.5. The molecule has 0 aromatic heterocycles. The third-order valence-electron chi connectivity index (χ3n) is 5.85. The van der Waals surface area contributed by atoms with Gasteiger partial charge in [-0.25, -0.2) is 4.99 Å². The van der Waals surface area contributed by atoms with Crippen LogP contribution in [-0.2, 0) is 4.79 Å². The summed E-state index contributed by atoms with van der Waals surface area (Å²) >= 11 is 11.8. The topological polar surface area (TPSA) is 60.0 Å². The molecule has 4 rings (SSSR count). The molecule has 2 aliphatic heterocycles. The molecule has 0 spiro atoms. The zero-order valence-electron chi connectivity index (χ0n) is 18.2. The molecule has 8 heteroatoms. The van der Waals surface area contributed by atoms with Crippen LogP contribution in [0.2, 0.25) is 5.02 Å². The van der Waals surface area contributed by atoms with Gasteiger partial charge in [-0.05, 0) is 69.3 Å². The molecule has 0 aliphatic carbocycles. The number of thiocarbonyl (C=S) groups is 1. The molecule has 0 radical (unpaired) electrons. The van der Waals surface area contributed by atoms with E-state index in [1.165, 1.54) is 25.9 Å². The SMILES string of the molecule is CN1C(=O)C(NC(=S)NCCCN2CCCC2)N=C(c2ccccc2)c2cc(Cl)ccc21. The number of nitrogens with one attached hydrogen (secondary N) is 2. The van der Waals surface area contributed by atoms with Crippen molar-refractivity contribution in [2.24, 2.45) is 4.99 Å². The smallest absolute Gasteiger partial charge is 0.272 e. The van der Waals surface area contributed by atoms with E-state index >= 15 is 0 Å². The van der Waals surface area contributed by atoms with Crippen LogP contribution in [0.5, 0.6) is 0 Å². The lowest BCUT2D eigenvalue weighted by atomic mass is 10.0. The second kappa shape index (κ2) is 10.4. The number of anilines is 1. The zero-order valence-corrected chi connectivity index (χ0v) is 19.8. The van der Waals surface area contributed by atoms with Crippen molar-refractivity contribution in [1.82, 2.24) is 15.5 Å². The van der Waals surface area contributed by atoms with Gasteiger partial charge in [0.2, 0.25) is 6.17 Å². The average Bonchev–Trinajstić information content (AvgIpc) is 3.29. The van der Waals surface area contributed by atoms with Crippen molar-refractivity contribution < 1.29 is 4.79 Å². The second-order valence-corrected chi connectivity index (χ2v) is 8.95. The molecule has 168 valence electrons. The van der Waals surface area contributed by atoms with Crippen LogP contribution >= 0.6 is 23.8 Å². The lowest BCUT2D eigenvalue weighted by Gasteiger charge is -2.22. The number of benzene rings is 2. The molecule has 1 fully saturated rings. The molecule has 32 heavy (non-hydrogen) atoms. The predicted octanol–water partition coefficient (Wildman–Crippen LogP) is 3.43. The van der Waals surface area contributed by atoms with E-state index in [2.05, 4.69) is 15.5 Å². The van der Waals surface area contributed by atoms with E-state index in [1.807, 2.05) is 42.5 Å². The quantitative estimate of drug-likeness (QED) is 0.501. The molecule has 6 nitrogen and oxygen atoms in total. The Labute approximate surface area is 199 Å². The van der Waals surface area contributed by atoms with Crippen LogP contribution in [0.15, 0.2) is 53.5 Å². The fraction of sp³-hybridized carbons (Fsp3) is 0.375. The zero-order chi connectivity index (χ0) is 22.5. The van der Waals surface area contributed by atoms with Gasteiger partial charge in [0.05, 0.1) is 11.4 Å². The van der Waals surface area contributed by atoms with Crippen molar-refractivity contribution in [2.45, 2.75) is 25.4 Å². The Morgan fingerprint density at radius 1 is 1.19 bits per heavy atom. The third kappa shape index (κ3) is 5.28. The Bertz CT molecular complexity index is 1010. The fourth-order valence-corrected chi connectivity index (χ4v) is 4.54. The minimum atomic E-state index is -0.833. The first-order chi connectivity index (χ1) is 15.5. The predicted molar refractivity (Wildman–Crippen MR) is 135 cm³/mol. The highest BCUT2D eigenvalue weighted by Crippen LogP contribution is 2.29. The molecule has 1 atom stereocenters. The van der Waals surface area contributed by atoms with Gasteiger partial charge >= 0.3 is 0 Å². The summed E-state index contributed by atoms with van der Waals surface area (Å²) in [7, 11) is 1.75. The number of carbonyl (C=O) groups is 1. The van der Waals surface area contributed by atoms with Crippen LogP contribution in [0, 0.1) is 0 Å². The summed E-state index contributed by atoms with van der Waals surface area (Å²) in [4.78, 5) is 22.1. The Balaban J connectivity index is 1.51. The normalized spacial score (nSPS) is 18.7. The van der Waals surface area contributed by atoms with E-state index in [4.69, 9.17) is 28.8 Å². The monoisotopic (exact) mass is 469 g/mol. The summed E-state index contributed by atoms with van der Waals surface area (Å²) in [5.41, 5.74) is 3.19. The van der Waals surface area contributed by atoms with Crippen LogP contribution in [0.25, 0.3) is 0 Å². The van der Waals surface area contributed by atoms with Crippen LogP contribution in [-0.4, -0.2) is 61.0 Å². The molecule has 1 unspecified atom stereocenters. The molecule has 2 heterocycles. The lowest BCUT2D eigenvalue weighted by Crippen LogP contribution is -2.49. The van der Waals surface area contributed by atoms with E-state index < -0.39 is 6.17 Å². The van der Waals surface area contributed by atoms with Gasteiger partial charge in [0.15, 0.2) is 5.11 Å². The number of hydrogen-bond donors (Lipinski definition) is 2. The molecule has 2 aromatic carbocycles. The number of fused-ring (bicyclic) bond motifs is 1. The van der Waals surface area contributed by atoms with E-state index in [-0.39, 0.29) is 5.91 Å². The summed E-state index contributed by atoms with van der Waals surface area (Å²) in [5.74, 6) is -0.180. The Morgan fingerprint density at radius 2 is 1.94 bits per heavy atom. The molecular weight excluding hydrogens is 442 g/mol. The second-order valence-electron chi connectivity index (χ2n) is 8.11. The Hall–Kier alpha value is -2.48. The first kappa shape index (κ1) is 22.7. The van der Waals surface area contributed by atoms with Gasteiger partial charge in [-0.15, -0.1) is 0 Å².